The number of ketones is 1. The van der Waals surface area contributed by atoms with Gasteiger partial charge >= 0.3 is 11.9 Å². The molecule has 5 rings (SSSR count). The Kier molecular flexibility index (Phi) is 57.1. The normalized spacial score (nSPS) is 14.5. The van der Waals surface area contributed by atoms with Crippen LogP contribution in [0.2, 0.25) is 0 Å². The molecule has 2 aliphatic rings. The third-order valence-electron chi connectivity index (χ3n) is 20.5. The number of aliphatic hydroxyl groups is 10. The van der Waals surface area contributed by atoms with Crippen molar-refractivity contribution in [2.45, 2.75) is 151 Å². The maximum Gasteiger partial charge on any atom is 0.306 e. The lowest BCUT2D eigenvalue weighted by Gasteiger charge is -2.26. The first-order valence-electron chi connectivity index (χ1n) is 45.1. The van der Waals surface area contributed by atoms with Gasteiger partial charge in [0.25, 0.3) is 11.8 Å². The molecule has 3 aromatic rings. The molecule has 0 aliphatic carbocycles. The van der Waals surface area contributed by atoms with E-state index in [2.05, 4.69) is 53.2 Å². The third kappa shape index (κ3) is 45.3. The molecule has 11 atom stereocenters. The predicted octanol–water partition coefficient (Wildman–Crippen LogP) is -8.57. The zero-order valence-electron chi connectivity index (χ0n) is 78.5. The topological polar surface area (TPSA) is 742 Å². The Morgan fingerprint density at radius 2 is 0.866 bits per heavy atom. The summed E-state index contributed by atoms with van der Waals surface area (Å²) in [5.41, 5.74) is 0.661. The van der Waals surface area contributed by atoms with E-state index >= 15 is 8.78 Å². The van der Waals surface area contributed by atoms with Gasteiger partial charge in [-0.05, 0) is 37.5 Å². The van der Waals surface area contributed by atoms with E-state index in [0.29, 0.717) is 41.6 Å². The molecule has 52 nitrogen and oxygen atoms in total. The van der Waals surface area contributed by atoms with Crippen LogP contribution in [0.5, 0.6) is 23.0 Å². The fraction of sp³-hybridized carbons (Fsp3) is 0.632. The number of hydrogen-bond donors (Lipinski definition) is 21. The number of methoxy groups -OCH3 is 2. The number of esters is 1. The SMILES string of the molecule is COc1cc2c(c(F)c1OCCCOc1c(OC)cc3sc(C(=O)CCC(=O)O[C@@H](C)CNC(=O)CC[C@H](NC(=O)CN4C(=O)C=CC4=O)C(=O)NCC(=O)NCC(=O)NCC(=O)NCC(=O)NCCOCCOCCOCCOCCOCCOCCOCCOCCC(=O)N[C@@H](CCC(=O)NC[C@H](O)[C@@H](O)[C@H](O)[C@H](O)CO)C(=O)NC[C@H](O)[C@@H](O)[C@H](O)[C@H](O)CO)cc3c1F)CN(C(=O)CCC(=O)O)C2. The number of fused-ring (bicyclic) bond motifs is 2. The summed E-state index contributed by atoms with van der Waals surface area (Å²) in [6.07, 6.45) is -17.6. The number of carbonyl (C=O) groups is 16. The molecule has 21 N–H and O–H groups in total. The number of aliphatic hydroxyl groups excluding tert-OH is 10. The number of carbonyl (C=O) groups excluding carboxylic acids is 15. The summed E-state index contributed by atoms with van der Waals surface area (Å²) in [5.74, 6) is -15.0. The van der Waals surface area contributed by atoms with E-state index in [1.807, 2.05) is 0 Å². The summed E-state index contributed by atoms with van der Waals surface area (Å²) >= 11 is 0.928. The highest BCUT2D eigenvalue weighted by Gasteiger charge is 2.36. The molecular weight excluding hydrogens is 1920 g/mol. The number of thiophene rings is 1. The second kappa shape index (κ2) is 67.0. The van der Waals surface area contributed by atoms with Crippen LogP contribution in [-0.2, 0) is 128 Å². The molecule has 0 saturated heterocycles. The molecule has 0 saturated carbocycles. The highest BCUT2D eigenvalue weighted by atomic mass is 32.1. The number of aliphatic carboxylic acids is 1. The fourth-order valence-corrected chi connectivity index (χ4v) is 13.8. The number of halogens is 2. The maximum atomic E-state index is 16.1. The Hall–Kier alpha value is -11.6. The average Bonchev–Trinajstić information content (AvgIpc) is 1.63. The van der Waals surface area contributed by atoms with Crippen molar-refractivity contribution in [2.24, 2.45) is 0 Å². The Morgan fingerprint density at radius 1 is 0.437 bits per heavy atom. The lowest BCUT2D eigenvalue weighted by atomic mass is 10.0. The summed E-state index contributed by atoms with van der Waals surface area (Å²) in [6.45, 7) is -2.33. The minimum Gasteiger partial charge on any atom is -0.493 e. The van der Waals surface area contributed by atoms with Crippen molar-refractivity contribution in [1.82, 2.24) is 63.0 Å². The molecule has 13 amide bonds. The number of carboxylic acid groups (broad SMARTS) is 1. The first kappa shape index (κ1) is 121. The minimum atomic E-state index is -2.02. The molecule has 0 unspecified atom stereocenters. The smallest absolute Gasteiger partial charge is 0.306 e. The van der Waals surface area contributed by atoms with Gasteiger partial charge in [0, 0.05) is 105 Å². The number of hydrogen-bond acceptors (Lipinski definition) is 40. The van der Waals surface area contributed by atoms with Crippen LogP contribution in [0.1, 0.15) is 91.9 Å². The van der Waals surface area contributed by atoms with Gasteiger partial charge in [-0.15, -0.1) is 11.3 Å². The van der Waals surface area contributed by atoms with Crippen molar-refractivity contribution in [3.8, 4) is 23.0 Å². The fourth-order valence-electron chi connectivity index (χ4n) is 12.7. The van der Waals surface area contributed by atoms with Gasteiger partial charge in [0.1, 0.15) is 61.4 Å². The largest absolute Gasteiger partial charge is 0.493 e. The summed E-state index contributed by atoms with van der Waals surface area (Å²) < 4.78 is 103. The zero-order chi connectivity index (χ0) is 105. The average molecular weight is 2050 g/mol. The van der Waals surface area contributed by atoms with Crippen LogP contribution in [0.25, 0.3) is 10.1 Å². The molecule has 0 radical (unpaired) electrons. The van der Waals surface area contributed by atoms with Crippen molar-refractivity contribution < 1.29 is 203 Å². The molecule has 796 valence electrons. The van der Waals surface area contributed by atoms with Gasteiger partial charge in [-0.3, -0.25) is 81.6 Å². The van der Waals surface area contributed by atoms with Crippen molar-refractivity contribution in [2.75, 3.05) is 205 Å². The van der Waals surface area contributed by atoms with E-state index < -0.39 is 258 Å². The van der Waals surface area contributed by atoms with Gasteiger partial charge in [-0.2, -0.15) is 0 Å². The monoisotopic (exact) mass is 2050 g/mol. The molecule has 1 aromatic heterocycles. The Morgan fingerprint density at radius 3 is 1.35 bits per heavy atom. The lowest BCUT2D eigenvalue weighted by molar-refractivity contribution is -0.148. The van der Waals surface area contributed by atoms with Crippen molar-refractivity contribution in [3.05, 3.63) is 58.0 Å². The number of nitrogens with one attached hydrogen (secondary N) is 10. The third-order valence-corrected chi connectivity index (χ3v) is 21.7. The molecule has 2 aromatic carbocycles. The molecule has 2 aliphatic heterocycles. The number of nitrogens with zero attached hydrogens (tertiary/aromatic N) is 2. The van der Waals surface area contributed by atoms with Crippen LogP contribution in [0.15, 0.2) is 30.4 Å². The molecule has 0 bridgehead atoms. The van der Waals surface area contributed by atoms with Gasteiger partial charge in [-0.25, -0.2) is 8.78 Å². The molecule has 0 spiro atoms. The van der Waals surface area contributed by atoms with E-state index in [0.717, 1.165) is 23.5 Å². The number of imide groups is 1. The number of benzene rings is 2. The van der Waals surface area contributed by atoms with Crippen LogP contribution in [0.4, 0.5) is 8.78 Å². The van der Waals surface area contributed by atoms with Gasteiger partial charge in [0.15, 0.2) is 40.4 Å². The number of carboxylic acids is 1. The maximum absolute atomic E-state index is 16.1. The van der Waals surface area contributed by atoms with Gasteiger partial charge < -0.3 is 176 Å². The van der Waals surface area contributed by atoms with Gasteiger partial charge in [0.05, 0.1) is 209 Å². The first-order valence-corrected chi connectivity index (χ1v) is 45.9. The van der Waals surface area contributed by atoms with E-state index in [-0.39, 0.29) is 196 Å². The summed E-state index contributed by atoms with van der Waals surface area (Å²) in [7, 11) is 2.59. The number of rotatable bonds is 77. The van der Waals surface area contributed by atoms with E-state index in [4.69, 9.17) is 76.9 Å². The molecule has 0 fully saturated rings. The van der Waals surface area contributed by atoms with E-state index in [1.54, 1.807) is 0 Å². The second-order valence-corrected chi connectivity index (χ2v) is 32.5. The van der Waals surface area contributed by atoms with Crippen LogP contribution in [0, 0.1) is 11.6 Å². The van der Waals surface area contributed by atoms with Crippen LogP contribution >= 0.6 is 11.3 Å². The van der Waals surface area contributed by atoms with Crippen molar-refractivity contribution in [1.29, 1.82) is 0 Å². The molecular formula is C87H128F2N12O40S. The predicted molar refractivity (Wildman–Crippen MR) is 483 cm³/mol. The highest BCUT2D eigenvalue weighted by Crippen LogP contribution is 2.42. The lowest BCUT2D eigenvalue weighted by Crippen LogP contribution is -2.53. The Bertz CT molecular complexity index is 4600. The number of ether oxygens (including phenoxy) is 13. The van der Waals surface area contributed by atoms with Crippen LogP contribution in [0.3, 0.4) is 0 Å². The van der Waals surface area contributed by atoms with Crippen molar-refractivity contribution in [3.63, 3.8) is 0 Å². The van der Waals surface area contributed by atoms with Gasteiger partial charge in [-0.1, -0.05) is 0 Å². The second-order valence-electron chi connectivity index (χ2n) is 31.4. The van der Waals surface area contributed by atoms with Crippen molar-refractivity contribution >= 4 is 116 Å². The summed E-state index contributed by atoms with van der Waals surface area (Å²) in [6, 6.07) is 1.30. The van der Waals surface area contributed by atoms with Crippen LogP contribution in [-0.4, -0.2) is 433 Å². The highest BCUT2D eigenvalue weighted by molar-refractivity contribution is 7.20. The Balaban J connectivity index is 0.843. The number of amides is 13. The zero-order valence-corrected chi connectivity index (χ0v) is 79.4. The molecule has 142 heavy (non-hydrogen) atoms. The standard InChI is InChI=1S/C87H128F2N12O40S/c1-50(141-77(122)14-7-56(104)64-36-52-63(142-64)37-62(130-3)85(78(52)88)140-18-4-17-139-84-61(129-2)35-51-45-100(46-53(51)79(84)89)73(117)12-13-76(120)121)38-91-65(109)8-6-55(99-72(116)47-101-74(118)10-11-75(101)119)87(128)97-44-71(115)95-43-70(114)94-42-69(113)93-41-68(112)90-16-20-132-22-24-134-26-28-136-30-32-138-34-33-137-31-29-135-27-25-133-23-21-131-19-15-67(111)98-54(86(127)96-40-58(106)81(124)83(126)60(108)49-103)5-9-66(110)92-39-57(105)80(123)82(125)59(107)48-102/h10-11,35-37,50,54-55,57-60,80-83,102-103,105-108,123-126H,4-9,12-34,38-49H2,1-3H3,(H,90,112)(H,91,109)(H,92,110)(H,93,113)(H,94,114)(H,95,115)(H,96,127)(H,97,128)(H,98,111)(H,99,116)(H,120,121)/t50-,54-,55-,57-,58-,59+,60+,80+,81+,82+,83+/m0/s1. The van der Waals surface area contributed by atoms with E-state index in [1.165, 1.54) is 44.2 Å². The number of Topliss-reactive ketones (excluding diaryl/α,β-unsaturated/α-hetero) is 1. The quantitative estimate of drug-likeness (QED) is 0.0108. The van der Waals surface area contributed by atoms with Gasteiger partial charge in [0.2, 0.25) is 65.0 Å². The Labute approximate surface area is 816 Å². The molecule has 55 heteroatoms. The van der Waals surface area contributed by atoms with E-state index in [9.17, 15) is 118 Å². The first-order chi connectivity index (χ1) is 67.9. The van der Waals surface area contributed by atoms with Crippen LogP contribution < -0.4 is 72.1 Å². The minimum absolute atomic E-state index is 0.00674. The summed E-state index contributed by atoms with van der Waals surface area (Å²) in [4.78, 5) is 204. The molecule has 3 heterocycles. The summed E-state index contributed by atoms with van der Waals surface area (Å²) in [5, 5.41) is 130.